The molecule has 0 aliphatic heterocycles. The summed E-state index contributed by atoms with van der Waals surface area (Å²) in [6, 6.07) is 1.62. The van der Waals surface area contributed by atoms with E-state index in [1.807, 2.05) is 0 Å². The number of methoxy groups -OCH3 is 1. The lowest BCUT2D eigenvalue weighted by molar-refractivity contribution is -0.205. The molecule has 13 heteroatoms. The van der Waals surface area contributed by atoms with Crippen LogP contribution in [0.15, 0.2) is 18.2 Å². The number of esters is 1. The summed E-state index contributed by atoms with van der Waals surface area (Å²) in [5.41, 5.74) is -6.14. The minimum atomic E-state index is -5.55. The molecule has 0 radical (unpaired) electrons. The third-order valence-electron chi connectivity index (χ3n) is 3.42. The molecule has 1 aromatic rings. The molecule has 7 nitrogen and oxygen atoms in total. The van der Waals surface area contributed by atoms with Gasteiger partial charge in [0.05, 0.1) is 31.6 Å². The molecule has 0 saturated carbocycles. The predicted octanol–water partition coefficient (Wildman–Crippen LogP) is 3.69. The fraction of sp³-hybridized carbons (Fsp3) is 0.500. The van der Waals surface area contributed by atoms with Gasteiger partial charge in [-0.1, -0.05) is 0 Å². The van der Waals surface area contributed by atoms with Crippen LogP contribution >= 0.6 is 0 Å². The SMILES string of the molecule is CCOC(=O)NC(Nc1cc(C(F)(F)F)ccc1OC)(C(=O)OCC)C(F)(F)F. The van der Waals surface area contributed by atoms with Crippen LogP contribution in [-0.4, -0.2) is 44.2 Å². The molecule has 1 aromatic carbocycles. The van der Waals surface area contributed by atoms with Gasteiger partial charge < -0.3 is 19.5 Å². The first-order valence-electron chi connectivity index (χ1n) is 8.04. The van der Waals surface area contributed by atoms with Gasteiger partial charge in [0, 0.05) is 0 Å². The number of hydrogen-bond acceptors (Lipinski definition) is 6. The maximum absolute atomic E-state index is 13.9. The lowest BCUT2D eigenvalue weighted by Crippen LogP contribution is -2.69. The molecule has 0 aliphatic rings. The Morgan fingerprint density at radius 1 is 1.00 bits per heavy atom. The number of halogens is 6. The van der Waals surface area contributed by atoms with Crippen LogP contribution in [-0.2, 0) is 20.4 Å². The Hall–Kier alpha value is -2.86. The number of benzene rings is 1. The number of amides is 1. The molecule has 0 fully saturated rings. The first-order chi connectivity index (χ1) is 13.3. The summed E-state index contributed by atoms with van der Waals surface area (Å²) in [7, 11) is 0.992. The van der Waals surface area contributed by atoms with Crippen LogP contribution in [0.2, 0.25) is 0 Å². The molecular formula is C16H18F6N2O5. The van der Waals surface area contributed by atoms with Crippen molar-refractivity contribution < 1.29 is 50.1 Å². The van der Waals surface area contributed by atoms with E-state index in [1.165, 1.54) is 19.2 Å². The second kappa shape index (κ2) is 9.09. The molecular weight excluding hydrogens is 414 g/mol. The third kappa shape index (κ3) is 5.57. The fourth-order valence-electron chi connectivity index (χ4n) is 2.13. The van der Waals surface area contributed by atoms with Gasteiger partial charge in [-0.25, -0.2) is 9.59 Å². The molecule has 29 heavy (non-hydrogen) atoms. The molecule has 0 heterocycles. The first-order valence-corrected chi connectivity index (χ1v) is 8.04. The largest absolute Gasteiger partial charge is 0.495 e. The Labute approximate surface area is 161 Å². The summed E-state index contributed by atoms with van der Waals surface area (Å²) in [6.45, 7) is 1.65. The van der Waals surface area contributed by atoms with E-state index >= 15 is 0 Å². The minimum Gasteiger partial charge on any atom is -0.495 e. The van der Waals surface area contributed by atoms with Crippen molar-refractivity contribution in [1.29, 1.82) is 0 Å². The van der Waals surface area contributed by atoms with Crippen molar-refractivity contribution in [3.8, 4) is 5.75 Å². The van der Waals surface area contributed by atoms with Gasteiger partial charge in [0.2, 0.25) is 0 Å². The van der Waals surface area contributed by atoms with Crippen molar-refractivity contribution in [2.24, 2.45) is 0 Å². The lowest BCUT2D eigenvalue weighted by atomic mass is 10.1. The van der Waals surface area contributed by atoms with Gasteiger partial charge in [-0.15, -0.1) is 0 Å². The summed E-state index contributed by atoms with van der Waals surface area (Å²) in [5.74, 6) is -2.47. The van der Waals surface area contributed by atoms with E-state index in [9.17, 15) is 35.9 Å². The Morgan fingerprint density at radius 3 is 2.03 bits per heavy atom. The number of hydrogen-bond donors (Lipinski definition) is 2. The Balaban J connectivity index is 3.62. The summed E-state index contributed by atoms with van der Waals surface area (Å²) in [6.07, 6.45) is -12.1. The summed E-state index contributed by atoms with van der Waals surface area (Å²) >= 11 is 0. The molecule has 0 aliphatic carbocycles. The molecule has 2 N–H and O–H groups in total. The van der Waals surface area contributed by atoms with E-state index in [1.54, 1.807) is 5.32 Å². The lowest BCUT2D eigenvalue weighted by Gasteiger charge is -2.35. The number of alkyl halides is 6. The molecule has 0 bridgehead atoms. The molecule has 0 aromatic heterocycles. The average Bonchev–Trinajstić information content (AvgIpc) is 2.59. The number of carbonyl (C=O) groups excluding carboxylic acids is 2. The second-order valence-electron chi connectivity index (χ2n) is 5.35. The maximum atomic E-state index is 13.9. The van der Waals surface area contributed by atoms with E-state index in [0.29, 0.717) is 12.1 Å². The zero-order valence-electron chi connectivity index (χ0n) is 15.5. The van der Waals surface area contributed by atoms with Crippen LogP contribution in [0.1, 0.15) is 19.4 Å². The predicted molar refractivity (Wildman–Crippen MR) is 87.2 cm³/mol. The third-order valence-corrected chi connectivity index (χ3v) is 3.42. The molecule has 1 amide bonds. The van der Waals surface area contributed by atoms with Crippen molar-refractivity contribution >= 4 is 17.7 Å². The van der Waals surface area contributed by atoms with Crippen LogP contribution in [0, 0.1) is 0 Å². The molecule has 1 unspecified atom stereocenters. The molecule has 0 saturated heterocycles. The zero-order chi connectivity index (χ0) is 22.5. The first kappa shape index (κ1) is 24.2. The summed E-state index contributed by atoms with van der Waals surface area (Å²) in [4.78, 5) is 23.9. The summed E-state index contributed by atoms with van der Waals surface area (Å²) < 4.78 is 94.2. The van der Waals surface area contributed by atoms with Gasteiger partial charge in [-0.3, -0.25) is 5.32 Å². The van der Waals surface area contributed by atoms with E-state index < -0.39 is 53.7 Å². The van der Waals surface area contributed by atoms with Crippen molar-refractivity contribution in [3.63, 3.8) is 0 Å². The highest BCUT2D eigenvalue weighted by Crippen LogP contribution is 2.39. The monoisotopic (exact) mass is 432 g/mol. The number of carbonyl (C=O) groups is 2. The Bertz CT molecular complexity index is 737. The zero-order valence-corrected chi connectivity index (χ0v) is 15.5. The van der Waals surface area contributed by atoms with E-state index in [-0.39, 0.29) is 6.61 Å². The Kier molecular flexibility index (Phi) is 7.58. The smallest absolute Gasteiger partial charge is 0.442 e. The molecule has 164 valence electrons. The van der Waals surface area contributed by atoms with Gasteiger partial charge >= 0.3 is 30.1 Å². The topological polar surface area (TPSA) is 85.9 Å². The minimum absolute atomic E-state index is 0.297. The van der Waals surface area contributed by atoms with Crippen molar-refractivity contribution in [1.82, 2.24) is 5.32 Å². The highest BCUT2D eigenvalue weighted by molar-refractivity contribution is 5.90. The van der Waals surface area contributed by atoms with Crippen LogP contribution in [0.25, 0.3) is 0 Å². The summed E-state index contributed by atoms with van der Waals surface area (Å²) in [5, 5.41) is 2.91. The second-order valence-corrected chi connectivity index (χ2v) is 5.35. The quantitative estimate of drug-likeness (QED) is 0.388. The number of nitrogens with one attached hydrogen (secondary N) is 2. The standard InChI is InChI=1S/C16H18F6N2O5/c1-4-28-12(25)14(16(20,21)22,24-13(26)29-5-2)23-10-8-9(15(17,18)19)6-7-11(10)27-3/h6-8,23H,4-5H2,1-3H3,(H,24,26). The van der Waals surface area contributed by atoms with Gasteiger partial charge in [0.1, 0.15) is 5.75 Å². The van der Waals surface area contributed by atoms with Gasteiger partial charge in [-0.2, -0.15) is 26.3 Å². The fourth-order valence-corrected chi connectivity index (χ4v) is 2.13. The Morgan fingerprint density at radius 2 is 1.59 bits per heavy atom. The van der Waals surface area contributed by atoms with Crippen LogP contribution in [0.5, 0.6) is 5.75 Å². The average molecular weight is 432 g/mol. The van der Waals surface area contributed by atoms with E-state index in [0.717, 1.165) is 13.2 Å². The molecule has 0 spiro atoms. The number of anilines is 1. The van der Waals surface area contributed by atoms with Gasteiger partial charge in [0.15, 0.2) is 0 Å². The van der Waals surface area contributed by atoms with Gasteiger partial charge in [0.25, 0.3) is 0 Å². The highest BCUT2D eigenvalue weighted by atomic mass is 19.4. The van der Waals surface area contributed by atoms with Gasteiger partial charge in [-0.05, 0) is 32.0 Å². The van der Waals surface area contributed by atoms with Crippen molar-refractivity contribution in [2.45, 2.75) is 31.9 Å². The maximum Gasteiger partial charge on any atom is 0.442 e. The van der Waals surface area contributed by atoms with Crippen molar-refractivity contribution in [2.75, 3.05) is 25.6 Å². The molecule has 1 rings (SSSR count). The number of ether oxygens (including phenoxy) is 3. The van der Waals surface area contributed by atoms with E-state index in [4.69, 9.17) is 4.74 Å². The van der Waals surface area contributed by atoms with Crippen LogP contribution < -0.4 is 15.4 Å². The van der Waals surface area contributed by atoms with Crippen LogP contribution in [0.3, 0.4) is 0 Å². The van der Waals surface area contributed by atoms with E-state index in [2.05, 4.69) is 9.47 Å². The number of alkyl carbamates (subject to hydrolysis) is 1. The number of rotatable bonds is 7. The highest BCUT2D eigenvalue weighted by Gasteiger charge is 2.64. The van der Waals surface area contributed by atoms with Crippen LogP contribution in [0.4, 0.5) is 36.8 Å². The normalized spacial score (nSPS) is 13.8. The van der Waals surface area contributed by atoms with Crippen molar-refractivity contribution in [3.05, 3.63) is 23.8 Å². The molecule has 1 atom stereocenters.